The second-order valence-electron chi connectivity index (χ2n) is 8.87. The van der Waals surface area contributed by atoms with E-state index in [1.165, 1.54) is 54.2 Å². The molecule has 6 rings (SSSR count). The minimum atomic E-state index is 0.361. The highest BCUT2D eigenvalue weighted by molar-refractivity contribution is 7.22. The first-order valence-electron chi connectivity index (χ1n) is 11.5. The lowest BCUT2D eigenvalue weighted by Crippen LogP contribution is -2.43. The number of hydrogen-bond acceptors (Lipinski definition) is 1. The maximum absolute atomic E-state index is 2.59. The van der Waals surface area contributed by atoms with Crippen LogP contribution < -0.4 is 4.57 Å². The monoisotopic (exact) mass is 432 g/mol. The van der Waals surface area contributed by atoms with Gasteiger partial charge in [0.2, 0.25) is 11.4 Å². The molecule has 2 heteroatoms. The molecule has 0 spiro atoms. The highest BCUT2D eigenvalue weighted by atomic mass is 32.1. The summed E-state index contributed by atoms with van der Waals surface area (Å²) in [4.78, 5) is 1.45. The average Bonchev–Trinajstić information content (AvgIpc) is 3.23. The SMILES string of the molecule is CC(C)[n+]1c(-c2ccccc2)cc(-c2ccccc2)c2c1-c1sc3ccccc3c1CC2. The largest absolute Gasteiger partial charge is 0.227 e. The van der Waals surface area contributed by atoms with Gasteiger partial charge in [-0.1, -0.05) is 66.7 Å². The van der Waals surface area contributed by atoms with Crippen molar-refractivity contribution in [3.8, 4) is 33.0 Å². The number of nitrogens with zero attached hydrogens (tertiary/aromatic N) is 1. The van der Waals surface area contributed by atoms with E-state index in [1.54, 1.807) is 0 Å². The van der Waals surface area contributed by atoms with Crippen LogP contribution >= 0.6 is 11.3 Å². The normalized spacial score (nSPS) is 12.7. The van der Waals surface area contributed by atoms with Crippen molar-refractivity contribution in [2.45, 2.75) is 32.7 Å². The minimum Gasteiger partial charge on any atom is -0.188 e. The molecule has 2 heterocycles. The first-order chi connectivity index (χ1) is 15.7. The van der Waals surface area contributed by atoms with Crippen LogP contribution in [0.2, 0.25) is 0 Å². The van der Waals surface area contributed by atoms with Gasteiger partial charge in [-0.25, -0.2) is 0 Å². The summed E-state index contributed by atoms with van der Waals surface area (Å²) in [6.45, 7) is 4.63. The molecule has 1 nitrogen and oxygen atoms in total. The summed E-state index contributed by atoms with van der Waals surface area (Å²) in [5.41, 5.74) is 9.68. The van der Waals surface area contributed by atoms with E-state index in [0.29, 0.717) is 6.04 Å². The Bertz CT molecular complexity index is 1430. The molecule has 0 saturated carbocycles. The van der Waals surface area contributed by atoms with Crippen molar-refractivity contribution in [1.82, 2.24) is 0 Å². The van der Waals surface area contributed by atoms with Gasteiger partial charge in [0.25, 0.3) is 0 Å². The van der Waals surface area contributed by atoms with E-state index in [2.05, 4.69) is 109 Å². The topological polar surface area (TPSA) is 3.88 Å². The lowest BCUT2D eigenvalue weighted by molar-refractivity contribution is -0.695. The van der Waals surface area contributed by atoms with Crippen molar-refractivity contribution in [3.63, 3.8) is 0 Å². The zero-order chi connectivity index (χ0) is 21.7. The van der Waals surface area contributed by atoms with Gasteiger partial charge in [0, 0.05) is 21.9 Å². The van der Waals surface area contributed by atoms with Gasteiger partial charge in [0.15, 0.2) is 6.04 Å². The third kappa shape index (κ3) is 3.02. The third-order valence-electron chi connectivity index (χ3n) is 6.60. The van der Waals surface area contributed by atoms with Crippen molar-refractivity contribution in [2.24, 2.45) is 0 Å². The molecule has 0 N–H and O–H groups in total. The van der Waals surface area contributed by atoms with Gasteiger partial charge in [-0.3, -0.25) is 0 Å². The van der Waals surface area contributed by atoms with E-state index in [4.69, 9.17) is 0 Å². The van der Waals surface area contributed by atoms with E-state index >= 15 is 0 Å². The van der Waals surface area contributed by atoms with Crippen LogP contribution in [0.4, 0.5) is 0 Å². The van der Waals surface area contributed by atoms with Crippen molar-refractivity contribution in [1.29, 1.82) is 0 Å². The molecule has 1 aliphatic carbocycles. The van der Waals surface area contributed by atoms with Crippen molar-refractivity contribution >= 4 is 21.4 Å². The van der Waals surface area contributed by atoms with Crippen molar-refractivity contribution < 1.29 is 4.57 Å². The number of benzene rings is 3. The maximum atomic E-state index is 2.59. The van der Waals surface area contributed by atoms with Crippen LogP contribution in [0.15, 0.2) is 91.0 Å². The molecule has 0 atom stereocenters. The van der Waals surface area contributed by atoms with E-state index in [0.717, 1.165) is 12.8 Å². The van der Waals surface area contributed by atoms with Gasteiger partial charge in [0.05, 0.1) is 0 Å². The van der Waals surface area contributed by atoms with Crippen LogP contribution in [0.1, 0.15) is 31.0 Å². The number of aromatic nitrogens is 1. The highest BCUT2D eigenvalue weighted by Gasteiger charge is 2.35. The lowest BCUT2D eigenvalue weighted by Gasteiger charge is -2.22. The smallest absolute Gasteiger partial charge is 0.188 e. The molecule has 0 aliphatic heterocycles. The van der Waals surface area contributed by atoms with Crippen LogP contribution in [0.25, 0.3) is 43.0 Å². The molecular formula is C30H26NS+. The zero-order valence-corrected chi connectivity index (χ0v) is 19.3. The molecule has 0 saturated heterocycles. The van der Waals surface area contributed by atoms with Gasteiger partial charge < -0.3 is 0 Å². The number of fused-ring (bicyclic) bond motifs is 5. The summed E-state index contributed by atoms with van der Waals surface area (Å²) in [6, 6.07) is 33.5. The van der Waals surface area contributed by atoms with E-state index in [1.807, 2.05) is 11.3 Å². The summed E-state index contributed by atoms with van der Waals surface area (Å²) in [5.74, 6) is 0. The highest BCUT2D eigenvalue weighted by Crippen LogP contribution is 2.46. The standard InChI is InChI=1S/C30H26NS/c1-20(2)31-27(22-13-7-4-8-14-22)19-26(21-11-5-3-6-12-21)24-17-18-25-23-15-9-10-16-28(23)32-30(25)29(24)31/h3-16,19-20H,17-18H2,1-2H3/q+1. The molecule has 0 amide bonds. The molecule has 0 unspecified atom stereocenters. The molecule has 5 aromatic rings. The van der Waals surface area contributed by atoms with E-state index < -0.39 is 0 Å². The summed E-state index contributed by atoms with van der Waals surface area (Å²) in [6.07, 6.45) is 2.18. The molecule has 2 aromatic heterocycles. The van der Waals surface area contributed by atoms with E-state index in [9.17, 15) is 0 Å². The van der Waals surface area contributed by atoms with Crippen LogP contribution in [-0.4, -0.2) is 0 Å². The van der Waals surface area contributed by atoms with Gasteiger partial charge in [-0.15, -0.1) is 11.3 Å². The fourth-order valence-electron chi connectivity index (χ4n) is 5.22. The van der Waals surface area contributed by atoms with Gasteiger partial charge in [0.1, 0.15) is 4.88 Å². The Balaban J connectivity index is 1.76. The maximum Gasteiger partial charge on any atom is 0.227 e. The Morgan fingerprint density at radius 3 is 2.06 bits per heavy atom. The first-order valence-corrected chi connectivity index (χ1v) is 12.3. The zero-order valence-electron chi connectivity index (χ0n) is 18.5. The molecule has 0 bridgehead atoms. The van der Waals surface area contributed by atoms with Crippen LogP contribution in [0.5, 0.6) is 0 Å². The number of aryl methyl sites for hydroxylation is 1. The Kier molecular flexibility index (Phi) is 4.69. The van der Waals surface area contributed by atoms with Crippen molar-refractivity contribution in [3.05, 3.63) is 102 Å². The van der Waals surface area contributed by atoms with E-state index in [-0.39, 0.29) is 0 Å². The molecule has 0 radical (unpaired) electrons. The van der Waals surface area contributed by atoms with Crippen molar-refractivity contribution in [2.75, 3.05) is 0 Å². The average molecular weight is 433 g/mol. The summed E-state index contributed by atoms with van der Waals surface area (Å²) in [7, 11) is 0. The molecule has 1 aliphatic rings. The van der Waals surface area contributed by atoms with Gasteiger partial charge >= 0.3 is 0 Å². The Labute approximate surface area is 193 Å². The fraction of sp³-hybridized carbons (Fsp3) is 0.167. The molecule has 32 heavy (non-hydrogen) atoms. The predicted octanol–water partition coefficient (Wildman–Crippen LogP) is 7.87. The van der Waals surface area contributed by atoms with Crippen LogP contribution in [0, 0.1) is 0 Å². The quantitative estimate of drug-likeness (QED) is 0.255. The third-order valence-corrected chi connectivity index (χ3v) is 7.82. The lowest BCUT2D eigenvalue weighted by atomic mass is 9.86. The molecule has 0 fully saturated rings. The number of hydrogen-bond donors (Lipinski definition) is 0. The number of pyridine rings is 1. The number of rotatable bonds is 3. The summed E-state index contributed by atoms with van der Waals surface area (Å²) >= 11 is 1.96. The minimum absolute atomic E-state index is 0.361. The summed E-state index contributed by atoms with van der Waals surface area (Å²) < 4.78 is 3.98. The fourth-order valence-corrected chi connectivity index (χ4v) is 6.54. The van der Waals surface area contributed by atoms with Crippen LogP contribution in [-0.2, 0) is 12.8 Å². The Hall–Kier alpha value is -3.23. The van der Waals surface area contributed by atoms with Gasteiger partial charge in [-0.2, -0.15) is 4.57 Å². The second kappa shape index (κ2) is 7.72. The van der Waals surface area contributed by atoms with Crippen LogP contribution in [0.3, 0.4) is 0 Å². The van der Waals surface area contributed by atoms with Gasteiger partial charge in [-0.05, 0) is 67.0 Å². The Morgan fingerprint density at radius 1 is 0.719 bits per heavy atom. The molecule has 156 valence electrons. The predicted molar refractivity (Wildman–Crippen MR) is 136 cm³/mol. The first kappa shape index (κ1) is 19.5. The second-order valence-corrected chi connectivity index (χ2v) is 9.92. The summed E-state index contributed by atoms with van der Waals surface area (Å²) in [5, 5.41) is 1.43. The number of thiophene rings is 1. The molecular weight excluding hydrogens is 406 g/mol. The Morgan fingerprint density at radius 2 is 1.34 bits per heavy atom. The molecule has 3 aromatic carbocycles.